The Kier molecular flexibility index (Phi) is 11.8. The molecule has 0 bridgehead atoms. The summed E-state index contributed by atoms with van der Waals surface area (Å²) >= 11 is 0.902. The number of nitrogens with zero attached hydrogens (tertiary/aromatic N) is 3. The smallest absolute Gasteiger partial charge is 0.228 e. The molecule has 0 aromatic rings. The molecule has 2 aliphatic rings. The van der Waals surface area contributed by atoms with Crippen molar-refractivity contribution in [3.05, 3.63) is 10.4 Å². The summed E-state index contributed by atoms with van der Waals surface area (Å²) in [6.45, 7) is 8.92. The van der Waals surface area contributed by atoms with Gasteiger partial charge in [0.15, 0.2) is 12.2 Å². The van der Waals surface area contributed by atoms with E-state index in [9.17, 15) is 5.11 Å². The molecule has 2 saturated heterocycles. The molecule has 30 heavy (non-hydrogen) atoms. The number of hydrogen-bond acceptors (Lipinski definition) is 9. The minimum atomic E-state index is -1.01. The zero-order chi connectivity index (χ0) is 22.4. The topological polar surface area (TPSA) is 139 Å². The van der Waals surface area contributed by atoms with Crippen LogP contribution >= 0.6 is 11.9 Å². The maximum atomic E-state index is 10.6. The average Bonchev–Trinajstić information content (AvgIpc) is 2.70. The number of rotatable bonds is 8. The number of aliphatic hydroxyl groups excluding tert-OH is 1. The van der Waals surface area contributed by atoms with Gasteiger partial charge < -0.3 is 28.2 Å². The van der Waals surface area contributed by atoms with Crippen molar-refractivity contribution in [2.45, 2.75) is 90.2 Å². The van der Waals surface area contributed by atoms with Crippen LogP contribution in [0, 0.1) is 61.3 Å². The number of hydrogen-bond donors (Lipinski definition) is 2. The third-order valence-corrected chi connectivity index (χ3v) is 5.83. The van der Waals surface area contributed by atoms with Gasteiger partial charge >= 0.3 is 0 Å². The maximum Gasteiger partial charge on any atom is 0.228 e. The first kappa shape index (κ1) is 26.7. The van der Waals surface area contributed by atoms with Crippen molar-refractivity contribution >= 4 is 24.9 Å². The number of aliphatic hydroxyl groups is 1. The van der Waals surface area contributed by atoms with Crippen LogP contribution < -0.4 is 0 Å². The van der Waals surface area contributed by atoms with Crippen LogP contribution in [-0.4, -0.2) is 68.6 Å². The molecule has 2 rings (SSSR count). The predicted molar refractivity (Wildman–Crippen MR) is 110 cm³/mol. The minimum Gasteiger partial charge on any atom is -0.450 e. The summed E-state index contributed by atoms with van der Waals surface area (Å²) in [5.74, 6) is -0.662. The zero-order valence-corrected chi connectivity index (χ0v) is 23.4. The van der Waals surface area contributed by atoms with E-state index >= 15 is 0 Å². The van der Waals surface area contributed by atoms with Crippen LogP contribution in [0.2, 0.25) is 0 Å². The van der Waals surface area contributed by atoms with Crippen LogP contribution in [0.1, 0.15) is 41.0 Å². The standard InChI is InChI=1S/C17H30BN4O6S.Ac/c1-6-11-15(28-29-18)7(2)12(21-22-20)16(26-11)27-14-8(3)13(23)17(24-9(14)4)25-10(5)19;/h7-9,11-19,23H,6H2,1-5H3;/t7-,8-,9?,11?,12?,13?,14-,15-,16+,17+;/m1./s1/i18T;. The second-order valence-electron chi connectivity index (χ2n) is 7.50. The van der Waals surface area contributed by atoms with Gasteiger partial charge in [-0.15, -0.1) is 0 Å². The molecule has 2 N–H and O–H groups in total. The molecule has 0 spiro atoms. The molecule has 0 aliphatic carbocycles. The van der Waals surface area contributed by atoms with Gasteiger partial charge in [-0.1, -0.05) is 37.8 Å². The Morgan fingerprint density at radius 1 is 1.30 bits per heavy atom. The van der Waals surface area contributed by atoms with Gasteiger partial charge in [0, 0.05) is 61.8 Å². The van der Waals surface area contributed by atoms with Crippen LogP contribution in [0.25, 0.3) is 10.4 Å². The van der Waals surface area contributed by atoms with Crippen molar-refractivity contribution in [2.24, 2.45) is 17.0 Å². The summed E-state index contributed by atoms with van der Waals surface area (Å²) < 4.78 is 36.2. The second-order valence-corrected chi connectivity index (χ2v) is 7.88. The zero-order valence-electron chi connectivity index (χ0n) is 18.9. The average molecular weight is 658 g/mol. The largest absolute Gasteiger partial charge is 0.450 e. The van der Waals surface area contributed by atoms with Gasteiger partial charge in [0.2, 0.25) is 13.4 Å². The van der Waals surface area contributed by atoms with Gasteiger partial charge in [-0.3, -0.25) is 5.41 Å². The van der Waals surface area contributed by atoms with Gasteiger partial charge in [-0.2, -0.15) is 0 Å². The van der Waals surface area contributed by atoms with Crippen molar-refractivity contribution in [1.29, 1.82) is 6.74 Å². The second kappa shape index (κ2) is 13.2. The van der Waals surface area contributed by atoms with Crippen LogP contribution in [0.5, 0.6) is 0 Å². The van der Waals surface area contributed by atoms with Gasteiger partial charge in [-0.25, -0.2) is 0 Å². The van der Waals surface area contributed by atoms with Gasteiger partial charge in [0.05, 0.1) is 24.4 Å². The molecule has 13 heteroatoms. The van der Waals surface area contributed by atoms with E-state index in [1.54, 1.807) is 6.92 Å². The van der Waals surface area contributed by atoms with Gasteiger partial charge in [0.1, 0.15) is 12.2 Å². The molecular weight excluding hydrogens is 626 g/mol. The molecule has 10 nitrogen and oxygen atoms in total. The summed E-state index contributed by atoms with van der Waals surface area (Å²) in [5, 5.41) is 21.9. The normalized spacial score (nSPS) is 41.6. The molecule has 2 aliphatic heterocycles. The quantitative estimate of drug-likeness (QED) is 0.0778. The summed E-state index contributed by atoms with van der Waals surface area (Å²) in [5.41, 5.74) is 9.07. The Morgan fingerprint density at radius 3 is 2.57 bits per heavy atom. The molecule has 0 aromatic carbocycles. The fourth-order valence-electron chi connectivity index (χ4n) is 3.89. The molecule has 166 valence electrons. The first-order chi connectivity index (χ1) is 14.2. The SMILES string of the molecule is [3H][B]SO[C@H]1C(CC)O[C@@H](O[C@H]2C(C)O[C@@H](OC(C)=N)C(O)[C@H]2C)C(N=[N+]=[N-])[C@H]1C.[Ac]. The van der Waals surface area contributed by atoms with Gasteiger partial charge in [0.25, 0.3) is 0 Å². The fourth-order valence-corrected chi connectivity index (χ4v) is 4.31. The van der Waals surface area contributed by atoms with Crippen molar-refractivity contribution in [3.8, 4) is 0 Å². The van der Waals surface area contributed by atoms with E-state index in [2.05, 4.69) is 10.0 Å². The van der Waals surface area contributed by atoms with Crippen molar-refractivity contribution < 1.29 is 72.3 Å². The first-order valence-electron chi connectivity index (χ1n) is 10.2. The molecule has 0 saturated carbocycles. The molecule has 2 heterocycles. The third-order valence-electron chi connectivity index (χ3n) is 5.50. The summed E-state index contributed by atoms with van der Waals surface area (Å²) in [6, 6.07) is -0.663. The van der Waals surface area contributed by atoms with E-state index in [4.69, 9.17) is 35.4 Å². The first-order valence-corrected chi connectivity index (χ1v) is 10.5. The number of azide groups is 1. The maximum absolute atomic E-state index is 10.6. The summed E-state index contributed by atoms with van der Waals surface area (Å²) in [7, 11) is 1.09. The Morgan fingerprint density at radius 2 is 2.00 bits per heavy atom. The Bertz CT molecular complexity index is 639. The van der Waals surface area contributed by atoms with Crippen LogP contribution in [-0.2, 0) is 23.1 Å². The minimum absolute atomic E-state index is 0. The van der Waals surface area contributed by atoms with E-state index in [1.807, 2.05) is 20.8 Å². The fraction of sp³-hybridized carbons (Fsp3) is 0.941. The van der Waals surface area contributed by atoms with Crippen molar-refractivity contribution in [1.82, 2.24) is 0 Å². The van der Waals surface area contributed by atoms with E-state index in [0.717, 1.165) is 19.0 Å². The molecule has 4 unspecified atom stereocenters. The van der Waals surface area contributed by atoms with E-state index < -0.39 is 36.9 Å². The molecule has 10 atom stereocenters. The Labute approximate surface area is 220 Å². The third kappa shape index (κ3) is 6.72. The van der Waals surface area contributed by atoms with Crippen molar-refractivity contribution in [2.75, 3.05) is 0 Å². The van der Waals surface area contributed by atoms with E-state index in [0.29, 0.717) is 6.42 Å². The predicted octanol–water partition coefficient (Wildman–Crippen LogP) is 2.43. The number of ether oxygens (including phenoxy) is 4. The van der Waals surface area contributed by atoms with E-state index in [1.165, 1.54) is 6.92 Å². The Balaban J connectivity index is 0.00000480. The monoisotopic (exact) mass is 658 g/mol. The molecule has 0 aromatic heterocycles. The summed E-state index contributed by atoms with van der Waals surface area (Å²) in [4.78, 5) is 2.95. The van der Waals surface area contributed by atoms with Crippen molar-refractivity contribution in [3.63, 3.8) is 0 Å². The van der Waals surface area contributed by atoms with Crippen LogP contribution in [0.15, 0.2) is 5.11 Å². The molecule has 0 amide bonds. The molecule has 2 fully saturated rings. The van der Waals surface area contributed by atoms with Crippen LogP contribution in [0.4, 0.5) is 0 Å². The summed E-state index contributed by atoms with van der Waals surface area (Å²) in [6.07, 6.45) is -3.88. The van der Waals surface area contributed by atoms with Gasteiger partial charge in [-0.05, 0) is 26.1 Å². The van der Waals surface area contributed by atoms with E-state index in [-0.39, 0.29) is 74.0 Å². The van der Waals surface area contributed by atoms with Crippen LogP contribution in [0.3, 0.4) is 0 Å². The molecule has 2 radical (unpaired) electrons. The molecular formula is C17H30AcBN4O6S. The number of nitrogens with one attached hydrogen (secondary N) is 1. The Hall–Kier alpha value is 0.436.